The number of nitrogens with zero attached hydrogens (tertiary/aromatic N) is 3. The van der Waals surface area contributed by atoms with Crippen LogP contribution in [-0.4, -0.2) is 33.9 Å². The Labute approximate surface area is 164 Å². The van der Waals surface area contributed by atoms with Crippen molar-refractivity contribution < 1.29 is 9.15 Å². The fourth-order valence-electron chi connectivity index (χ4n) is 3.53. The number of fused-ring (bicyclic) bond motifs is 1. The second-order valence-electron chi connectivity index (χ2n) is 6.39. The number of rotatable bonds is 4. The van der Waals surface area contributed by atoms with Gasteiger partial charge in [0.25, 0.3) is 0 Å². The highest BCUT2D eigenvalue weighted by atomic mass is 79.9. The monoisotopic (exact) mass is 439 g/mol. The highest BCUT2D eigenvalue weighted by molar-refractivity contribution is 9.10. The zero-order valence-corrected chi connectivity index (χ0v) is 16.5. The predicted octanol–water partition coefficient (Wildman–Crippen LogP) is 3.49. The number of aryl methyl sites for hydroxylation is 1. The van der Waals surface area contributed by atoms with Gasteiger partial charge in [-0.3, -0.25) is 0 Å². The minimum Gasteiger partial charge on any atom is -0.467 e. The molecule has 0 unspecified atom stereocenters. The second kappa shape index (κ2) is 7.19. The van der Waals surface area contributed by atoms with Crippen LogP contribution in [0.25, 0.3) is 5.52 Å². The lowest BCUT2D eigenvalue weighted by Gasteiger charge is -2.29. The van der Waals surface area contributed by atoms with Gasteiger partial charge >= 0.3 is 0 Å². The van der Waals surface area contributed by atoms with Gasteiger partial charge in [0.05, 0.1) is 19.4 Å². The minimum atomic E-state index is -0.0564. The summed E-state index contributed by atoms with van der Waals surface area (Å²) in [5.41, 5.74) is 9.41. The molecule has 26 heavy (non-hydrogen) atoms. The summed E-state index contributed by atoms with van der Waals surface area (Å²) in [6.07, 6.45) is 2.51. The molecule has 0 bridgehead atoms. The molecule has 1 aliphatic heterocycles. The molecule has 3 N–H and O–H groups in total. The first-order valence-electron chi connectivity index (χ1n) is 8.40. The fourth-order valence-corrected chi connectivity index (χ4v) is 4.54. The molecule has 0 radical (unpaired) electrons. The van der Waals surface area contributed by atoms with Gasteiger partial charge in [0.15, 0.2) is 5.82 Å². The van der Waals surface area contributed by atoms with Crippen LogP contribution in [0.15, 0.2) is 27.4 Å². The Morgan fingerprint density at radius 2 is 2.35 bits per heavy atom. The van der Waals surface area contributed by atoms with Gasteiger partial charge in [-0.1, -0.05) is 0 Å². The lowest BCUT2D eigenvalue weighted by atomic mass is 9.87. The third kappa shape index (κ3) is 3.11. The molecule has 3 aromatic heterocycles. The van der Waals surface area contributed by atoms with E-state index in [9.17, 15) is 0 Å². The topological polar surface area (TPSA) is 90.6 Å². The molecule has 4 rings (SSSR count). The van der Waals surface area contributed by atoms with Gasteiger partial charge in [-0.2, -0.15) is 4.98 Å². The number of hydrogen-bond acceptors (Lipinski definition) is 6. The van der Waals surface area contributed by atoms with Gasteiger partial charge in [-0.05, 0) is 64.1 Å². The maximum atomic E-state index is 6.32. The molecule has 3 aromatic rings. The molecule has 1 fully saturated rings. The molecule has 0 aliphatic carbocycles. The Bertz CT molecular complexity index is 927. The van der Waals surface area contributed by atoms with Crippen LogP contribution in [0.3, 0.4) is 0 Å². The zero-order valence-electron chi connectivity index (χ0n) is 14.2. The Hall–Kier alpha value is -1.61. The van der Waals surface area contributed by atoms with E-state index in [1.54, 1.807) is 10.8 Å². The summed E-state index contributed by atoms with van der Waals surface area (Å²) < 4.78 is 13.5. The van der Waals surface area contributed by atoms with Crippen molar-refractivity contribution in [2.75, 3.05) is 18.5 Å². The first-order valence-corrected chi connectivity index (χ1v) is 9.57. The molecule has 0 amide bonds. The summed E-state index contributed by atoms with van der Waals surface area (Å²) in [6.45, 7) is 3.82. The van der Waals surface area contributed by atoms with Crippen LogP contribution in [-0.2, 0) is 11.3 Å². The number of anilines is 1. The van der Waals surface area contributed by atoms with E-state index in [1.807, 2.05) is 12.1 Å². The van der Waals surface area contributed by atoms with Crippen LogP contribution in [0.1, 0.15) is 29.2 Å². The number of aromatic nitrogens is 3. The Morgan fingerprint density at radius 3 is 3.08 bits per heavy atom. The van der Waals surface area contributed by atoms with E-state index in [0.29, 0.717) is 25.6 Å². The molecule has 0 aromatic carbocycles. The molecule has 138 valence electrons. The zero-order chi connectivity index (χ0) is 18.3. The maximum absolute atomic E-state index is 6.32. The normalized spacial score (nSPS) is 20.6. The fraction of sp³-hybridized carbons (Fsp3) is 0.412. The predicted molar refractivity (Wildman–Crippen MR) is 103 cm³/mol. The van der Waals surface area contributed by atoms with Gasteiger partial charge in [-0.25, -0.2) is 4.52 Å². The van der Waals surface area contributed by atoms with E-state index in [4.69, 9.17) is 26.5 Å². The Balaban J connectivity index is 1.79. The Kier molecular flexibility index (Phi) is 4.92. The lowest BCUT2D eigenvalue weighted by Crippen LogP contribution is -2.38. The summed E-state index contributed by atoms with van der Waals surface area (Å²) in [6, 6.07) is 3.70. The first kappa shape index (κ1) is 17.8. The summed E-state index contributed by atoms with van der Waals surface area (Å²) in [5, 5.41) is 7.84. The third-order valence-corrected chi connectivity index (χ3v) is 5.69. The molecule has 7 nitrogen and oxygen atoms in total. The first-order chi connectivity index (χ1) is 12.6. The number of nitrogens with two attached hydrogens (primary N) is 1. The van der Waals surface area contributed by atoms with Gasteiger partial charge in [0.2, 0.25) is 5.28 Å². The molecule has 0 spiro atoms. The molecule has 9 heteroatoms. The summed E-state index contributed by atoms with van der Waals surface area (Å²) >= 11 is 9.86. The van der Waals surface area contributed by atoms with Crippen molar-refractivity contribution in [3.8, 4) is 0 Å². The van der Waals surface area contributed by atoms with E-state index in [1.165, 1.54) is 0 Å². The Morgan fingerprint density at radius 1 is 1.50 bits per heavy atom. The van der Waals surface area contributed by atoms with E-state index >= 15 is 0 Å². The molecule has 0 saturated carbocycles. The highest BCUT2D eigenvalue weighted by Crippen LogP contribution is 2.39. The molecular formula is C17H19BrClN5O2. The molecule has 1 aliphatic rings. The van der Waals surface area contributed by atoms with Crippen molar-refractivity contribution in [2.24, 2.45) is 5.73 Å². The van der Waals surface area contributed by atoms with Gasteiger partial charge in [-0.15, -0.1) is 5.10 Å². The SMILES string of the molecule is Cc1c([C@H]2CCOC[C@@H]2N)c(Br)n2nc(Cl)nc(NCc3ccco3)c12. The molecule has 1 saturated heterocycles. The highest BCUT2D eigenvalue weighted by Gasteiger charge is 2.31. The molecular weight excluding hydrogens is 422 g/mol. The quantitative estimate of drug-likeness (QED) is 0.645. The van der Waals surface area contributed by atoms with Crippen LogP contribution in [0, 0.1) is 6.92 Å². The molecule has 4 heterocycles. The van der Waals surface area contributed by atoms with Crippen LogP contribution >= 0.6 is 27.5 Å². The van der Waals surface area contributed by atoms with Crippen molar-refractivity contribution >= 4 is 38.9 Å². The van der Waals surface area contributed by atoms with E-state index in [0.717, 1.165) is 33.4 Å². The largest absolute Gasteiger partial charge is 0.467 e. The lowest BCUT2D eigenvalue weighted by molar-refractivity contribution is 0.0693. The number of furan rings is 1. The van der Waals surface area contributed by atoms with Gasteiger partial charge < -0.3 is 20.2 Å². The molecule has 2 atom stereocenters. The summed E-state index contributed by atoms with van der Waals surface area (Å²) in [5.74, 6) is 1.66. The average Bonchev–Trinajstić information content (AvgIpc) is 3.22. The second-order valence-corrected chi connectivity index (χ2v) is 7.48. The number of halogens is 2. The minimum absolute atomic E-state index is 0.0564. The van der Waals surface area contributed by atoms with Crippen molar-refractivity contribution in [3.63, 3.8) is 0 Å². The van der Waals surface area contributed by atoms with E-state index < -0.39 is 0 Å². The van der Waals surface area contributed by atoms with Crippen molar-refractivity contribution in [2.45, 2.75) is 31.8 Å². The van der Waals surface area contributed by atoms with Gasteiger partial charge in [0, 0.05) is 18.6 Å². The van der Waals surface area contributed by atoms with Crippen LogP contribution < -0.4 is 11.1 Å². The van der Waals surface area contributed by atoms with Crippen molar-refractivity contribution in [3.05, 3.63) is 45.2 Å². The van der Waals surface area contributed by atoms with Crippen molar-refractivity contribution in [1.82, 2.24) is 14.6 Å². The summed E-state index contributed by atoms with van der Waals surface area (Å²) in [4.78, 5) is 4.38. The van der Waals surface area contributed by atoms with Crippen molar-refractivity contribution in [1.29, 1.82) is 0 Å². The maximum Gasteiger partial charge on any atom is 0.243 e. The average molecular weight is 441 g/mol. The van der Waals surface area contributed by atoms with Crippen LogP contribution in [0.5, 0.6) is 0 Å². The smallest absolute Gasteiger partial charge is 0.243 e. The number of nitrogens with one attached hydrogen (secondary N) is 1. The van der Waals surface area contributed by atoms with Gasteiger partial charge in [0.1, 0.15) is 15.9 Å². The van der Waals surface area contributed by atoms with E-state index in [-0.39, 0.29) is 17.2 Å². The summed E-state index contributed by atoms with van der Waals surface area (Å²) in [7, 11) is 0. The standard InChI is InChI=1S/C17H19BrClN5O2/c1-9-13(11-4-6-25-8-12(11)20)15(18)24-14(9)16(22-17(19)23-24)21-7-10-3-2-5-26-10/h2-3,5,11-12H,4,6-8,20H2,1H3,(H,21,22,23)/t11-,12-/m0/s1. The van der Waals surface area contributed by atoms with Crippen LogP contribution in [0.4, 0.5) is 5.82 Å². The number of ether oxygens (including phenoxy) is 1. The third-order valence-electron chi connectivity index (χ3n) is 4.77. The van der Waals surface area contributed by atoms with E-state index in [2.05, 4.69) is 38.3 Å². The number of hydrogen-bond donors (Lipinski definition) is 2. The van der Waals surface area contributed by atoms with Crippen LogP contribution in [0.2, 0.25) is 5.28 Å².